The molecule has 0 aliphatic heterocycles. The molecule has 0 bridgehead atoms. The van der Waals surface area contributed by atoms with Gasteiger partial charge in [0.05, 0.1) is 24.7 Å². The quantitative estimate of drug-likeness (QED) is 0.453. The fourth-order valence-corrected chi connectivity index (χ4v) is 2.59. The second-order valence-corrected chi connectivity index (χ2v) is 5.21. The van der Waals surface area contributed by atoms with Gasteiger partial charge in [-0.2, -0.15) is 0 Å². The summed E-state index contributed by atoms with van der Waals surface area (Å²) in [7, 11) is 1.56. The Labute approximate surface area is 124 Å². The Morgan fingerprint density at radius 3 is 2.81 bits per heavy atom. The monoisotopic (exact) mass is 294 g/mol. The summed E-state index contributed by atoms with van der Waals surface area (Å²) in [6.45, 7) is 1.92. The molecular formula is C15H22N2O4. The van der Waals surface area contributed by atoms with Gasteiger partial charge >= 0.3 is 0 Å². The van der Waals surface area contributed by atoms with Crippen LogP contribution in [0.4, 0.5) is 5.69 Å². The van der Waals surface area contributed by atoms with Gasteiger partial charge in [0.15, 0.2) is 0 Å². The van der Waals surface area contributed by atoms with E-state index >= 15 is 0 Å². The van der Waals surface area contributed by atoms with E-state index in [9.17, 15) is 10.1 Å². The Morgan fingerprint density at radius 2 is 2.14 bits per heavy atom. The molecule has 1 fully saturated rings. The van der Waals surface area contributed by atoms with E-state index in [-0.39, 0.29) is 5.69 Å². The van der Waals surface area contributed by atoms with Crippen LogP contribution in [0, 0.1) is 10.1 Å². The summed E-state index contributed by atoms with van der Waals surface area (Å²) in [6.07, 6.45) is 5.28. The van der Waals surface area contributed by atoms with Crippen LogP contribution in [-0.2, 0) is 11.3 Å². The van der Waals surface area contributed by atoms with Crippen LogP contribution in [0.15, 0.2) is 18.2 Å². The molecule has 116 valence electrons. The number of nitro benzene ring substituents is 1. The molecule has 0 spiro atoms. The minimum absolute atomic E-state index is 0.0785. The summed E-state index contributed by atoms with van der Waals surface area (Å²) in [5.41, 5.74) is 0.863. The van der Waals surface area contributed by atoms with Crippen LogP contribution in [0.5, 0.6) is 5.75 Å². The molecule has 2 rings (SSSR count). The number of rotatable bonds is 8. The van der Waals surface area contributed by atoms with Gasteiger partial charge in [0.2, 0.25) is 0 Å². The molecule has 1 aromatic carbocycles. The minimum Gasteiger partial charge on any atom is -0.496 e. The van der Waals surface area contributed by atoms with Gasteiger partial charge in [-0.05, 0) is 18.9 Å². The number of hydrogen-bond donors (Lipinski definition) is 1. The second-order valence-electron chi connectivity index (χ2n) is 5.21. The van der Waals surface area contributed by atoms with Crippen LogP contribution in [0.2, 0.25) is 0 Å². The summed E-state index contributed by atoms with van der Waals surface area (Å²) in [6, 6.07) is 4.62. The molecule has 0 amide bonds. The maximum atomic E-state index is 10.8. The molecule has 1 saturated carbocycles. The minimum atomic E-state index is -0.397. The third-order valence-electron chi connectivity index (χ3n) is 3.72. The molecule has 1 aromatic rings. The maximum Gasteiger partial charge on any atom is 0.270 e. The van der Waals surface area contributed by atoms with Crippen molar-refractivity contribution in [2.24, 2.45) is 0 Å². The maximum absolute atomic E-state index is 10.8. The third kappa shape index (κ3) is 4.68. The summed E-state index contributed by atoms with van der Waals surface area (Å²) >= 11 is 0. The van der Waals surface area contributed by atoms with Gasteiger partial charge in [-0.3, -0.25) is 10.1 Å². The van der Waals surface area contributed by atoms with Crippen LogP contribution >= 0.6 is 0 Å². The first-order valence-corrected chi connectivity index (χ1v) is 7.34. The average Bonchev–Trinajstić information content (AvgIpc) is 3.00. The van der Waals surface area contributed by atoms with Gasteiger partial charge < -0.3 is 14.8 Å². The molecule has 0 atom stereocenters. The van der Waals surface area contributed by atoms with Gasteiger partial charge in [0.1, 0.15) is 5.75 Å². The number of hydrogen-bond acceptors (Lipinski definition) is 5. The molecule has 0 aromatic heterocycles. The highest BCUT2D eigenvalue weighted by molar-refractivity contribution is 5.43. The summed E-state index contributed by atoms with van der Waals surface area (Å²) < 4.78 is 11.0. The van der Waals surface area contributed by atoms with E-state index in [0.717, 1.165) is 12.1 Å². The zero-order chi connectivity index (χ0) is 15.1. The fraction of sp³-hybridized carbons (Fsp3) is 0.600. The molecule has 0 saturated heterocycles. The Hall–Kier alpha value is -1.66. The van der Waals surface area contributed by atoms with Crippen LogP contribution in [0.1, 0.15) is 31.2 Å². The van der Waals surface area contributed by atoms with Crippen molar-refractivity contribution in [3.05, 3.63) is 33.9 Å². The summed E-state index contributed by atoms with van der Waals surface area (Å²) in [5.74, 6) is 0.657. The number of non-ortho nitro benzene ring substituents is 1. The van der Waals surface area contributed by atoms with Crippen LogP contribution in [-0.4, -0.2) is 31.3 Å². The van der Waals surface area contributed by atoms with Crippen molar-refractivity contribution in [3.8, 4) is 5.75 Å². The van der Waals surface area contributed by atoms with Crippen molar-refractivity contribution >= 4 is 5.69 Å². The number of nitrogens with one attached hydrogen (secondary N) is 1. The predicted octanol–water partition coefficient (Wildman–Crippen LogP) is 2.65. The lowest BCUT2D eigenvalue weighted by Gasteiger charge is -2.12. The number of ether oxygens (including phenoxy) is 2. The molecule has 21 heavy (non-hydrogen) atoms. The first kappa shape index (κ1) is 15.7. The Kier molecular flexibility index (Phi) is 5.95. The Morgan fingerprint density at radius 1 is 1.38 bits per heavy atom. The topological polar surface area (TPSA) is 73.6 Å². The van der Waals surface area contributed by atoms with E-state index in [2.05, 4.69) is 5.32 Å². The van der Waals surface area contributed by atoms with Crippen molar-refractivity contribution < 1.29 is 14.4 Å². The highest BCUT2D eigenvalue weighted by atomic mass is 16.6. The Bertz CT molecular complexity index is 473. The van der Waals surface area contributed by atoms with E-state index in [1.165, 1.54) is 31.7 Å². The first-order valence-electron chi connectivity index (χ1n) is 7.34. The van der Waals surface area contributed by atoms with Crippen molar-refractivity contribution in [2.45, 2.75) is 38.3 Å². The van der Waals surface area contributed by atoms with Crippen molar-refractivity contribution in [2.75, 3.05) is 20.3 Å². The van der Waals surface area contributed by atoms with E-state index in [0.29, 0.717) is 25.0 Å². The van der Waals surface area contributed by atoms with Crippen LogP contribution < -0.4 is 10.1 Å². The van der Waals surface area contributed by atoms with Crippen LogP contribution in [0.3, 0.4) is 0 Å². The molecule has 1 N–H and O–H groups in total. The molecule has 6 heteroatoms. The summed E-state index contributed by atoms with van der Waals surface area (Å²) in [4.78, 5) is 10.4. The number of nitrogens with zero attached hydrogens (tertiary/aromatic N) is 1. The van der Waals surface area contributed by atoms with Gasteiger partial charge in [0, 0.05) is 30.8 Å². The Balaban J connectivity index is 1.78. The molecule has 1 aliphatic rings. The lowest BCUT2D eigenvalue weighted by Crippen LogP contribution is -2.22. The zero-order valence-corrected chi connectivity index (χ0v) is 12.3. The molecule has 0 unspecified atom stereocenters. The zero-order valence-electron chi connectivity index (χ0n) is 12.3. The van der Waals surface area contributed by atoms with Gasteiger partial charge in [-0.15, -0.1) is 0 Å². The van der Waals surface area contributed by atoms with E-state index in [4.69, 9.17) is 9.47 Å². The van der Waals surface area contributed by atoms with Crippen molar-refractivity contribution in [3.63, 3.8) is 0 Å². The highest BCUT2D eigenvalue weighted by Crippen LogP contribution is 2.24. The predicted molar refractivity (Wildman–Crippen MR) is 79.6 cm³/mol. The molecule has 0 heterocycles. The first-order chi connectivity index (χ1) is 10.2. The third-order valence-corrected chi connectivity index (χ3v) is 3.72. The average molecular weight is 294 g/mol. The molecule has 1 aliphatic carbocycles. The molecule has 0 radical (unpaired) electrons. The largest absolute Gasteiger partial charge is 0.496 e. The highest BCUT2D eigenvalue weighted by Gasteiger charge is 2.15. The van der Waals surface area contributed by atoms with Crippen LogP contribution in [0.25, 0.3) is 0 Å². The number of nitro groups is 1. The van der Waals surface area contributed by atoms with E-state index in [1.54, 1.807) is 19.2 Å². The van der Waals surface area contributed by atoms with Gasteiger partial charge in [-0.25, -0.2) is 0 Å². The van der Waals surface area contributed by atoms with Crippen molar-refractivity contribution in [1.29, 1.82) is 0 Å². The molecular weight excluding hydrogens is 272 g/mol. The normalized spacial score (nSPS) is 15.3. The lowest BCUT2D eigenvalue weighted by molar-refractivity contribution is -0.384. The fourth-order valence-electron chi connectivity index (χ4n) is 2.59. The lowest BCUT2D eigenvalue weighted by atomic mass is 10.1. The van der Waals surface area contributed by atoms with Gasteiger partial charge in [-0.1, -0.05) is 12.8 Å². The molecule has 6 nitrogen and oxygen atoms in total. The number of methoxy groups -OCH3 is 1. The van der Waals surface area contributed by atoms with E-state index in [1.807, 2.05) is 0 Å². The van der Waals surface area contributed by atoms with Gasteiger partial charge in [0.25, 0.3) is 5.69 Å². The van der Waals surface area contributed by atoms with E-state index < -0.39 is 4.92 Å². The smallest absolute Gasteiger partial charge is 0.270 e. The number of benzene rings is 1. The van der Waals surface area contributed by atoms with Crippen molar-refractivity contribution in [1.82, 2.24) is 5.32 Å². The summed E-state index contributed by atoms with van der Waals surface area (Å²) in [5, 5.41) is 14.0. The second kappa shape index (κ2) is 7.95. The standard InChI is InChI=1S/C15H22N2O4/c1-20-15-7-6-13(17(18)19)10-12(15)11-16-8-9-21-14-4-2-3-5-14/h6-7,10,14,16H,2-5,8-9,11H2,1H3. The SMILES string of the molecule is COc1ccc([N+](=O)[O-])cc1CNCCOC1CCCC1.